The van der Waals surface area contributed by atoms with Gasteiger partial charge in [0.15, 0.2) is 0 Å². The molecule has 2 N–H and O–H groups in total. The summed E-state index contributed by atoms with van der Waals surface area (Å²) in [7, 11) is 1.46. The van der Waals surface area contributed by atoms with Gasteiger partial charge in [-0.05, 0) is 18.2 Å². The second-order valence-electron chi connectivity index (χ2n) is 3.54. The molecule has 0 bridgehead atoms. The van der Waals surface area contributed by atoms with Crippen LogP contribution in [0.2, 0.25) is 5.02 Å². The van der Waals surface area contributed by atoms with E-state index in [1.807, 2.05) is 0 Å². The van der Waals surface area contributed by atoms with Gasteiger partial charge in [0.25, 0.3) is 0 Å². The lowest BCUT2D eigenvalue weighted by Crippen LogP contribution is -2.21. The molecule has 0 heterocycles. The van der Waals surface area contributed by atoms with Crippen LogP contribution in [-0.2, 0) is 11.0 Å². The van der Waals surface area contributed by atoms with Gasteiger partial charge >= 0.3 is 6.18 Å². The van der Waals surface area contributed by atoms with Crippen molar-refractivity contribution in [1.82, 2.24) is 5.32 Å². The van der Waals surface area contributed by atoms with Gasteiger partial charge in [-0.3, -0.25) is 4.79 Å². The quantitative estimate of drug-likeness (QED) is 0.890. The number of rotatable bonds is 4. The molecule has 1 aromatic rings. The Balaban J connectivity index is 2.79. The van der Waals surface area contributed by atoms with Crippen LogP contribution in [0.25, 0.3) is 0 Å². The van der Waals surface area contributed by atoms with E-state index in [2.05, 4.69) is 10.6 Å². The first kappa shape index (κ1) is 14.6. The van der Waals surface area contributed by atoms with Crippen LogP contribution in [0.5, 0.6) is 0 Å². The highest BCUT2D eigenvalue weighted by Crippen LogP contribution is 2.36. The fraction of sp³-hybridized carbons (Fsp3) is 0.364. The van der Waals surface area contributed by atoms with Crippen LogP contribution in [0, 0.1) is 0 Å². The molecule has 100 valence electrons. The van der Waals surface area contributed by atoms with E-state index in [1.165, 1.54) is 19.2 Å². The normalized spacial score (nSPS) is 11.2. The second kappa shape index (κ2) is 5.95. The molecule has 1 aromatic carbocycles. The van der Waals surface area contributed by atoms with E-state index in [0.29, 0.717) is 0 Å². The third-order valence-electron chi connectivity index (χ3n) is 2.23. The topological polar surface area (TPSA) is 41.1 Å². The average molecular weight is 281 g/mol. The maximum absolute atomic E-state index is 12.7. The van der Waals surface area contributed by atoms with Gasteiger partial charge in [-0.25, -0.2) is 0 Å². The van der Waals surface area contributed by atoms with Crippen LogP contribution in [0.15, 0.2) is 18.2 Å². The van der Waals surface area contributed by atoms with Gasteiger partial charge in [0.2, 0.25) is 5.91 Å². The standard InChI is InChI=1S/C11H12ClF3N2O/c1-16-10(18)4-5-17-9-3-2-7(12)6-8(9)11(13,14)15/h2-3,6,17H,4-5H2,1H3,(H,16,18). The van der Waals surface area contributed by atoms with Gasteiger partial charge in [-0.1, -0.05) is 11.6 Å². The Morgan fingerprint density at radius 3 is 2.61 bits per heavy atom. The van der Waals surface area contributed by atoms with Gasteiger partial charge in [-0.15, -0.1) is 0 Å². The van der Waals surface area contributed by atoms with Crippen molar-refractivity contribution in [3.05, 3.63) is 28.8 Å². The molecule has 0 unspecified atom stereocenters. The Hall–Kier alpha value is -1.43. The van der Waals surface area contributed by atoms with Crippen molar-refractivity contribution in [2.24, 2.45) is 0 Å². The van der Waals surface area contributed by atoms with E-state index >= 15 is 0 Å². The van der Waals surface area contributed by atoms with Crippen molar-refractivity contribution < 1.29 is 18.0 Å². The molecule has 18 heavy (non-hydrogen) atoms. The monoisotopic (exact) mass is 280 g/mol. The van der Waals surface area contributed by atoms with E-state index in [-0.39, 0.29) is 29.6 Å². The Bertz CT molecular complexity index is 435. The summed E-state index contributed by atoms with van der Waals surface area (Å²) in [5.74, 6) is -0.245. The van der Waals surface area contributed by atoms with Crippen molar-refractivity contribution >= 4 is 23.2 Å². The van der Waals surface area contributed by atoms with Crippen LogP contribution < -0.4 is 10.6 Å². The predicted octanol–water partition coefficient (Wildman–Crippen LogP) is 2.91. The van der Waals surface area contributed by atoms with Gasteiger partial charge in [0, 0.05) is 30.7 Å². The number of carbonyl (C=O) groups is 1. The highest BCUT2D eigenvalue weighted by atomic mass is 35.5. The van der Waals surface area contributed by atoms with E-state index in [9.17, 15) is 18.0 Å². The van der Waals surface area contributed by atoms with Gasteiger partial charge in [-0.2, -0.15) is 13.2 Å². The first-order valence-corrected chi connectivity index (χ1v) is 5.53. The van der Waals surface area contributed by atoms with Crippen LogP contribution in [-0.4, -0.2) is 19.5 Å². The van der Waals surface area contributed by atoms with Crippen molar-refractivity contribution in [3.8, 4) is 0 Å². The predicted molar refractivity (Wildman–Crippen MR) is 63.6 cm³/mol. The van der Waals surface area contributed by atoms with E-state index < -0.39 is 11.7 Å². The summed E-state index contributed by atoms with van der Waals surface area (Å²) in [4.78, 5) is 10.9. The van der Waals surface area contributed by atoms with Crippen molar-refractivity contribution in [1.29, 1.82) is 0 Å². The first-order chi connectivity index (χ1) is 8.34. The van der Waals surface area contributed by atoms with Crippen LogP contribution in [0.3, 0.4) is 0 Å². The maximum Gasteiger partial charge on any atom is 0.418 e. The Labute approximate surface area is 107 Å². The van der Waals surface area contributed by atoms with E-state index in [1.54, 1.807) is 0 Å². The zero-order valence-corrected chi connectivity index (χ0v) is 10.3. The Morgan fingerprint density at radius 2 is 2.06 bits per heavy atom. The highest BCUT2D eigenvalue weighted by molar-refractivity contribution is 6.30. The van der Waals surface area contributed by atoms with Gasteiger partial charge in [0.05, 0.1) is 5.56 Å². The average Bonchev–Trinajstić information content (AvgIpc) is 2.29. The molecule has 0 saturated carbocycles. The SMILES string of the molecule is CNC(=O)CCNc1ccc(Cl)cc1C(F)(F)F. The molecule has 0 aromatic heterocycles. The smallest absolute Gasteiger partial charge is 0.384 e. The summed E-state index contributed by atoms with van der Waals surface area (Å²) >= 11 is 5.54. The molecule has 0 spiro atoms. The van der Waals surface area contributed by atoms with E-state index in [4.69, 9.17) is 11.6 Å². The van der Waals surface area contributed by atoms with Crippen LogP contribution in [0.4, 0.5) is 18.9 Å². The van der Waals surface area contributed by atoms with E-state index in [0.717, 1.165) is 6.07 Å². The molecule has 7 heteroatoms. The number of hydrogen-bond donors (Lipinski definition) is 2. The van der Waals surface area contributed by atoms with Crippen LogP contribution in [0.1, 0.15) is 12.0 Å². The van der Waals surface area contributed by atoms with Crippen molar-refractivity contribution in [3.63, 3.8) is 0 Å². The number of amides is 1. The number of benzene rings is 1. The molecule has 0 aliphatic carbocycles. The number of nitrogens with one attached hydrogen (secondary N) is 2. The van der Waals surface area contributed by atoms with Crippen molar-refractivity contribution in [2.75, 3.05) is 18.9 Å². The summed E-state index contributed by atoms with van der Waals surface area (Å²) in [6, 6.07) is 3.46. The molecular weight excluding hydrogens is 269 g/mol. The lowest BCUT2D eigenvalue weighted by atomic mass is 10.1. The van der Waals surface area contributed by atoms with Crippen LogP contribution >= 0.6 is 11.6 Å². The summed E-state index contributed by atoms with van der Waals surface area (Å²) in [6.45, 7) is 0.115. The molecule has 0 fully saturated rings. The van der Waals surface area contributed by atoms with Gasteiger partial charge < -0.3 is 10.6 Å². The minimum atomic E-state index is -4.49. The molecule has 0 saturated heterocycles. The number of carbonyl (C=O) groups excluding carboxylic acids is 1. The summed E-state index contributed by atoms with van der Waals surface area (Å²) < 4.78 is 38.1. The number of hydrogen-bond acceptors (Lipinski definition) is 2. The summed E-state index contributed by atoms with van der Waals surface area (Å²) in [6.07, 6.45) is -4.39. The number of alkyl halides is 3. The molecule has 0 atom stereocenters. The minimum Gasteiger partial charge on any atom is -0.384 e. The fourth-order valence-electron chi connectivity index (χ4n) is 1.34. The fourth-order valence-corrected chi connectivity index (χ4v) is 1.51. The second-order valence-corrected chi connectivity index (χ2v) is 3.97. The minimum absolute atomic E-state index is 0.0131. The molecule has 1 amide bonds. The molecule has 1 rings (SSSR count). The maximum atomic E-state index is 12.7. The third-order valence-corrected chi connectivity index (χ3v) is 2.47. The number of halogens is 4. The lowest BCUT2D eigenvalue weighted by Gasteiger charge is -2.14. The molecule has 3 nitrogen and oxygen atoms in total. The zero-order valence-electron chi connectivity index (χ0n) is 9.57. The largest absolute Gasteiger partial charge is 0.418 e. The number of anilines is 1. The zero-order chi connectivity index (χ0) is 13.8. The molecular formula is C11H12ClF3N2O. The Kier molecular flexibility index (Phi) is 4.84. The molecule has 0 aliphatic rings. The summed E-state index contributed by atoms with van der Waals surface area (Å²) in [5.41, 5.74) is -0.928. The first-order valence-electron chi connectivity index (χ1n) is 5.16. The Morgan fingerprint density at radius 1 is 1.39 bits per heavy atom. The highest BCUT2D eigenvalue weighted by Gasteiger charge is 2.33. The lowest BCUT2D eigenvalue weighted by molar-refractivity contribution is -0.137. The van der Waals surface area contributed by atoms with Crippen molar-refractivity contribution in [2.45, 2.75) is 12.6 Å². The third kappa shape index (κ3) is 4.10. The molecule has 0 aliphatic heterocycles. The summed E-state index contributed by atoms with van der Waals surface area (Å²) in [5, 5.41) is 4.97. The van der Waals surface area contributed by atoms with Gasteiger partial charge in [0.1, 0.15) is 0 Å². The molecule has 0 radical (unpaired) electrons.